The van der Waals surface area contributed by atoms with Crippen molar-refractivity contribution in [3.8, 4) is 0 Å². The number of carbonyl (C=O) groups is 1. The van der Waals surface area contributed by atoms with E-state index in [-0.39, 0.29) is 17.2 Å². The summed E-state index contributed by atoms with van der Waals surface area (Å²) in [6.07, 6.45) is 0.547. The first-order chi connectivity index (χ1) is 10.4. The summed E-state index contributed by atoms with van der Waals surface area (Å²) in [5, 5.41) is 0.625. The van der Waals surface area contributed by atoms with Gasteiger partial charge in [0, 0.05) is 17.1 Å². The molecule has 0 unspecified atom stereocenters. The minimum absolute atomic E-state index is 0.0992. The van der Waals surface area contributed by atoms with Crippen molar-refractivity contribution in [1.29, 1.82) is 0 Å². The van der Waals surface area contributed by atoms with Gasteiger partial charge in [-0.15, -0.1) is 0 Å². The molecule has 0 saturated carbocycles. The van der Waals surface area contributed by atoms with Gasteiger partial charge in [-0.3, -0.25) is 4.79 Å². The third kappa shape index (κ3) is 4.40. The molecule has 0 aliphatic heterocycles. The molecule has 0 spiro atoms. The van der Waals surface area contributed by atoms with Crippen LogP contribution in [0.15, 0.2) is 53.4 Å². The molecule has 22 heavy (non-hydrogen) atoms. The van der Waals surface area contributed by atoms with E-state index in [1.807, 2.05) is 12.1 Å². The van der Waals surface area contributed by atoms with Crippen molar-refractivity contribution >= 4 is 27.4 Å². The van der Waals surface area contributed by atoms with Gasteiger partial charge in [0.1, 0.15) is 0 Å². The quantitative estimate of drug-likeness (QED) is 0.824. The zero-order valence-corrected chi connectivity index (χ0v) is 13.6. The second-order valence-corrected chi connectivity index (χ2v) is 7.06. The zero-order valence-electron chi connectivity index (χ0n) is 12.0. The van der Waals surface area contributed by atoms with Crippen LogP contribution in [0.5, 0.6) is 0 Å². The van der Waals surface area contributed by atoms with Crippen molar-refractivity contribution in [1.82, 2.24) is 4.72 Å². The first kappa shape index (κ1) is 16.7. The Balaban J connectivity index is 2.00. The first-order valence-electron chi connectivity index (χ1n) is 6.73. The lowest BCUT2D eigenvalue weighted by atomic mass is 10.2. The Morgan fingerprint density at radius 1 is 1.14 bits per heavy atom. The number of Topliss-reactive ketones (excluding diaryl/α,β-unsaturated/α-hetero) is 1. The van der Waals surface area contributed by atoms with Gasteiger partial charge in [-0.05, 0) is 43.2 Å². The highest BCUT2D eigenvalue weighted by Gasteiger charge is 2.13. The second-order valence-electron chi connectivity index (χ2n) is 4.86. The molecule has 0 amide bonds. The lowest BCUT2D eigenvalue weighted by Crippen LogP contribution is -2.26. The standard InChI is InChI=1S/C16H16ClNO3S/c1-12(19)14-5-7-16(8-6-14)22(20,21)18-10-9-13-3-2-4-15(17)11-13/h2-8,11,18H,9-10H2,1H3. The van der Waals surface area contributed by atoms with E-state index in [0.29, 0.717) is 17.0 Å². The molecule has 0 aromatic heterocycles. The van der Waals surface area contributed by atoms with Crippen LogP contribution in [0.1, 0.15) is 22.8 Å². The summed E-state index contributed by atoms with van der Waals surface area (Å²) in [6.45, 7) is 1.71. The van der Waals surface area contributed by atoms with E-state index in [4.69, 9.17) is 11.6 Å². The Morgan fingerprint density at radius 3 is 2.41 bits per heavy atom. The summed E-state index contributed by atoms with van der Waals surface area (Å²) in [5.41, 5.74) is 1.44. The van der Waals surface area contributed by atoms with Gasteiger partial charge in [-0.2, -0.15) is 0 Å². The molecular weight excluding hydrogens is 322 g/mol. The van der Waals surface area contributed by atoms with E-state index in [1.54, 1.807) is 12.1 Å². The summed E-state index contributed by atoms with van der Waals surface area (Å²) in [4.78, 5) is 11.3. The SMILES string of the molecule is CC(=O)c1ccc(S(=O)(=O)NCCc2cccc(Cl)c2)cc1. The van der Waals surface area contributed by atoms with Crippen LogP contribution in [-0.2, 0) is 16.4 Å². The molecule has 0 saturated heterocycles. The van der Waals surface area contributed by atoms with Crippen molar-refractivity contribution in [2.45, 2.75) is 18.2 Å². The van der Waals surface area contributed by atoms with E-state index >= 15 is 0 Å². The van der Waals surface area contributed by atoms with Gasteiger partial charge < -0.3 is 0 Å². The van der Waals surface area contributed by atoms with E-state index in [9.17, 15) is 13.2 Å². The lowest BCUT2D eigenvalue weighted by Gasteiger charge is -2.07. The molecule has 1 N–H and O–H groups in total. The lowest BCUT2D eigenvalue weighted by molar-refractivity contribution is 0.101. The molecule has 0 aliphatic carbocycles. The summed E-state index contributed by atoms with van der Waals surface area (Å²) in [6, 6.07) is 13.2. The molecule has 0 heterocycles. The minimum Gasteiger partial charge on any atom is -0.295 e. The van der Waals surface area contributed by atoms with Gasteiger partial charge in [0.15, 0.2) is 5.78 Å². The number of rotatable bonds is 6. The number of ketones is 1. The maximum absolute atomic E-state index is 12.1. The number of carbonyl (C=O) groups excluding carboxylic acids is 1. The van der Waals surface area contributed by atoms with Crippen LogP contribution >= 0.6 is 11.6 Å². The molecule has 0 bridgehead atoms. The zero-order chi connectivity index (χ0) is 16.2. The molecule has 0 fully saturated rings. The number of hydrogen-bond donors (Lipinski definition) is 1. The number of halogens is 1. The van der Waals surface area contributed by atoms with Crippen LogP contribution in [0, 0.1) is 0 Å². The predicted molar refractivity (Wildman–Crippen MR) is 86.8 cm³/mol. The summed E-state index contributed by atoms with van der Waals surface area (Å²) in [7, 11) is -3.58. The average Bonchev–Trinajstić information content (AvgIpc) is 2.47. The highest BCUT2D eigenvalue weighted by Crippen LogP contribution is 2.13. The van der Waals surface area contributed by atoms with Gasteiger partial charge in [0.05, 0.1) is 4.90 Å². The monoisotopic (exact) mass is 337 g/mol. The number of benzene rings is 2. The fraction of sp³-hybridized carbons (Fsp3) is 0.188. The molecule has 6 heteroatoms. The molecule has 2 aromatic rings. The van der Waals surface area contributed by atoms with Crippen molar-refractivity contribution in [3.05, 3.63) is 64.7 Å². The van der Waals surface area contributed by atoms with E-state index in [1.165, 1.54) is 31.2 Å². The highest BCUT2D eigenvalue weighted by atomic mass is 35.5. The Labute approximate surface area is 135 Å². The molecule has 0 atom stereocenters. The molecule has 0 radical (unpaired) electrons. The van der Waals surface area contributed by atoms with Crippen LogP contribution in [-0.4, -0.2) is 20.7 Å². The molecule has 2 aromatic carbocycles. The van der Waals surface area contributed by atoms with E-state index < -0.39 is 10.0 Å². The fourth-order valence-corrected chi connectivity index (χ4v) is 3.22. The Bertz CT molecular complexity index is 770. The Morgan fingerprint density at radius 2 is 1.82 bits per heavy atom. The van der Waals surface area contributed by atoms with Crippen LogP contribution < -0.4 is 4.72 Å². The van der Waals surface area contributed by atoms with Gasteiger partial charge in [-0.1, -0.05) is 35.9 Å². The maximum Gasteiger partial charge on any atom is 0.240 e. The first-order valence-corrected chi connectivity index (χ1v) is 8.60. The normalized spacial score (nSPS) is 11.4. The fourth-order valence-electron chi connectivity index (χ4n) is 1.97. The summed E-state index contributed by atoms with van der Waals surface area (Å²) in [5.74, 6) is -0.0992. The summed E-state index contributed by atoms with van der Waals surface area (Å²) < 4.78 is 26.8. The molecule has 4 nitrogen and oxygen atoms in total. The largest absolute Gasteiger partial charge is 0.295 e. The van der Waals surface area contributed by atoms with Crippen LogP contribution in [0.2, 0.25) is 5.02 Å². The number of sulfonamides is 1. The summed E-state index contributed by atoms with van der Waals surface area (Å²) >= 11 is 5.88. The van der Waals surface area contributed by atoms with Crippen LogP contribution in [0.3, 0.4) is 0 Å². The smallest absolute Gasteiger partial charge is 0.240 e. The van der Waals surface area contributed by atoms with Crippen molar-refractivity contribution in [2.75, 3.05) is 6.54 Å². The van der Waals surface area contributed by atoms with Gasteiger partial charge >= 0.3 is 0 Å². The van der Waals surface area contributed by atoms with Crippen molar-refractivity contribution < 1.29 is 13.2 Å². The third-order valence-electron chi connectivity index (χ3n) is 3.17. The highest BCUT2D eigenvalue weighted by molar-refractivity contribution is 7.89. The molecule has 116 valence electrons. The Hall–Kier alpha value is -1.69. The third-order valence-corrected chi connectivity index (χ3v) is 4.88. The molecule has 0 aliphatic rings. The number of nitrogens with one attached hydrogen (secondary N) is 1. The number of hydrogen-bond acceptors (Lipinski definition) is 3. The predicted octanol–water partition coefficient (Wildman–Crippen LogP) is 3.06. The van der Waals surface area contributed by atoms with Crippen LogP contribution in [0.4, 0.5) is 0 Å². The maximum atomic E-state index is 12.1. The second kappa shape index (κ2) is 7.05. The Kier molecular flexibility index (Phi) is 5.34. The van der Waals surface area contributed by atoms with Gasteiger partial charge in [0.2, 0.25) is 10.0 Å². The molecular formula is C16H16ClNO3S. The average molecular weight is 338 g/mol. The van der Waals surface area contributed by atoms with Crippen molar-refractivity contribution in [3.63, 3.8) is 0 Å². The van der Waals surface area contributed by atoms with Gasteiger partial charge in [0.25, 0.3) is 0 Å². The topological polar surface area (TPSA) is 63.2 Å². The minimum atomic E-state index is -3.58. The van der Waals surface area contributed by atoms with Crippen molar-refractivity contribution in [2.24, 2.45) is 0 Å². The van der Waals surface area contributed by atoms with Gasteiger partial charge in [-0.25, -0.2) is 13.1 Å². The van der Waals surface area contributed by atoms with Crippen LogP contribution in [0.25, 0.3) is 0 Å². The molecule has 2 rings (SSSR count). The van der Waals surface area contributed by atoms with E-state index in [0.717, 1.165) is 5.56 Å². The van der Waals surface area contributed by atoms with E-state index in [2.05, 4.69) is 4.72 Å².